The van der Waals surface area contributed by atoms with E-state index in [2.05, 4.69) is 15.6 Å². The molecule has 0 aliphatic carbocycles. The Morgan fingerprint density at radius 1 is 1.20 bits per heavy atom. The van der Waals surface area contributed by atoms with Gasteiger partial charge in [0.15, 0.2) is 0 Å². The number of aromatic nitrogens is 1. The Morgan fingerprint density at radius 2 is 1.90 bits per heavy atom. The Balaban J connectivity index is 2.03. The molecule has 0 spiro atoms. The SMILES string of the molecule is Cc1cc(NC(=O)Nc2cccc(C(C)O)c2)ccn1. The third kappa shape index (κ3) is 3.80. The summed E-state index contributed by atoms with van der Waals surface area (Å²) < 4.78 is 0. The highest BCUT2D eigenvalue weighted by Crippen LogP contribution is 2.17. The Bertz CT molecular complexity index is 612. The average Bonchev–Trinajstić information content (AvgIpc) is 2.38. The van der Waals surface area contributed by atoms with Crippen molar-refractivity contribution in [1.29, 1.82) is 0 Å². The molecule has 3 N–H and O–H groups in total. The molecular weight excluding hydrogens is 254 g/mol. The average molecular weight is 271 g/mol. The van der Waals surface area contributed by atoms with Gasteiger partial charge in [-0.05, 0) is 43.7 Å². The van der Waals surface area contributed by atoms with Crippen LogP contribution < -0.4 is 10.6 Å². The topological polar surface area (TPSA) is 74.2 Å². The van der Waals surface area contributed by atoms with Crippen LogP contribution >= 0.6 is 0 Å². The summed E-state index contributed by atoms with van der Waals surface area (Å²) >= 11 is 0. The van der Waals surface area contributed by atoms with E-state index in [1.807, 2.05) is 6.92 Å². The molecule has 0 saturated heterocycles. The van der Waals surface area contributed by atoms with Crippen LogP contribution in [0.3, 0.4) is 0 Å². The van der Waals surface area contributed by atoms with Gasteiger partial charge in [-0.15, -0.1) is 0 Å². The molecule has 0 aliphatic heterocycles. The lowest BCUT2D eigenvalue weighted by Crippen LogP contribution is -2.19. The second kappa shape index (κ2) is 6.16. The molecule has 0 fully saturated rings. The fraction of sp³-hybridized carbons (Fsp3) is 0.200. The van der Waals surface area contributed by atoms with Gasteiger partial charge >= 0.3 is 6.03 Å². The van der Waals surface area contributed by atoms with Gasteiger partial charge in [-0.25, -0.2) is 4.79 Å². The highest BCUT2D eigenvalue weighted by molar-refractivity contribution is 5.99. The molecule has 1 aromatic heterocycles. The summed E-state index contributed by atoms with van der Waals surface area (Å²) in [6.45, 7) is 3.54. The van der Waals surface area contributed by atoms with E-state index in [1.54, 1.807) is 49.5 Å². The number of aryl methyl sites for hydroxylation is 1. The maximum Gasteiger partial charge on any atom is 0.323 e. The fourth-order valence-electron chi connectivity index (χ4n) is 1.79. The first-order valence-electron chi connectivity index (χ1n) is 6.33. The van der Waals surface area contributed by atoms with E-state index < -0.39 is 6.10 Å². The molecule has 20 heavy (non-hydrogen) atoms. The largest absolute Gasteiger partial charge is 0.389 e. The van der Waals surface area contributed by atoms with Crippen LogP contribution in [0, 0.1) is 6.92 Å². The molecule has 104 valence electrons. The van der Waals surface area contributed by atoms with Crippen LogP contribution in [0.15, 0.2) is 42.6 Å². The Labute approximate surface area is 117 Å². The maximum atomic E-state index is 11.9. The van der Waals surface area contributed by atoms with Gasteiger partial charge < -0.3 is 15.7 Å². The maximum absolute atomic E-state index is 11.9. The van der Waals surface area contributed by atoms with Gasteiger partial charge in [0, 0.05) is 23.3 Å². The summed E-state index contributed by atoms with van der Waals surface area (Å²) in [5.74, 6) is 0. The molecule has 0 bridgehead atoms. The third-order valence-corrected chi connectivity index (χ3v) is 2.78. The monoisotopic (exact) mass is 271 g/mol. The number of amides is 2. The van der Waals surface area contributed by atoms with E-state index in [0.717, 1.165) is 11.3 Å². The van der Waals surface area contributed by atoms with Crippen molar-refractivity contribution in [2.24, 2.45) is 0 Å². The van der Waals surface area contributed by atoms with Crippen molar-refractivity contribution in [2.45, 2.75) is 20.0 Å². The van der Waals surface area contributed by atoms with E-state index in [9.17, 15) is 9.90 Å². The highest BCUT2D eigenvalue weighted by atomic mass is 16.3. The van der Waals surface area contributed by atoms with Crippen LogP contribution in [0.5, 0.6) is 0 Å². The summed E-state index contributed by atoms with van der Waals surface area (Å²) in [4.78, 5) is 15.9. The number of urea groups is 1. The van der Waals surface area contributed by atoms with Crippen molar-refractivity contribution in [2.75, 3.05) is 10.6 Å². The third-order valence-electron chi connectivity index (χ3n) is 2.78. The van der Waals surface area contributed by atoms with Crippen LogP contribution in [0.4, 0.5) is 16.2 Å². The van der Waals surface area contributed by atoms with Crippen LogP contribution in [-0.4, -0.2) is 16.1 Å². The lowest BCUT2D eigenvalue weighted by atomic mass is 10.1. The molecule has 5 heteroatoms. The number of nitrogens with zero attached hydrogens (tertiary/aromatic N) is 1. The molecule has 5 nitrogen and oxygen atoms in total. The van der Waals surface area contributed by atoms with E-state index in [0.29, 0.717) is 11.4 Å². The summed E-state index contributed by atoms with van der Waals surface area (Å²) in [5, 5.41) is 15.0. The highest BCUT2D eigenvalue weighted by Gasteiger charge is 2.05. The standard InChI is InChI=1S/C15H17N3O2/c1-10-8-14(6-7-16-10)18-15(20)17-13-5-3-4-12(9-13)11(2)19/h3-9,11,19H,1-2H3,(H2,16,17,18,20). The first kappa shape index (κ1) is 14.0. The van der Waals surface area contributed by atoms with Gasteiger partial charge in [0.2, 0.25) is 0 Å². The van der Waals surface area contributed by atoms with E-state index in [-0.39, 0.29) is 6.03 Å². The van der Waals surface area contributed by atoms with E-state index in [1.165, 1.54) is 0 Å². The van der Waals surface area contributed by atoms with Crippen LogP contribution in [0.2, 0.25) is 0 Å². The first-order valence-corrected chi connectivity index (χ1v) is 6.33. The zero-order chi connectivity index (χ0) is 14.5. The normalized spacial score (nSPS) is 11.8. The number of aliphatic hydroxyl groups excluding tert-OH is 1. The second-order valence-electron chi connectivity index (χ2n) is 4.57. The van der Waals surface area contributed by atoms with Crippen molar-refractivity contribution < 1.29 is 9.90 Å². The van der Waals surface area contributed by atoms with E-state index >= 15 is 0 Å². The number of aliphatic hydroxyl groups is 1. The molecule has 2 rings (SSSR count). The number of rotatable bonds is 3. The number of pyridine rings is 1. The minimum Gasteiger partial charge on any atom is -0.389 e. The molecular formula is C15H17N3O2. The van der Waals surface area contributed by atoms with Gasteiger partial charge in [0.1, 0.15) is 0 Å². The summed E-state index contributed by atoms with van der Waals surface area (Å²) in [7, 11) is 0. The smallest absolute Gasteiger partial charge is 0.323 e. The number of carbonyl (C=O) groups is 1. The predicted octanol–water partition coefficient (Wildman–Crippen LogP) is 3.09. The molecule has 2 aromatic rings. The van der Waals surface area contributed by atoms with Crippen molar-refractivity contribution in [3.8, 4) is 0 Å². The van der Waals surface area contributed by atoms with Gasteiger partial charge in [-0.3, -0.25) is 4.98 Å². The Morgan fingerprint density at radius 3 is 2.55 bits per heavy atom. The second-order valence-corrected chi connectivity index (χ2v) is 4.57. The van der Waals surface area contributed by atoms with Crippen molar-refractivity contribution in [3.05, 3.63) is 53.9 Å². The number of carbonyl (C=O) groups excluding carboxylic acids is 1. The minimum atomic E-state index is -0.567. The summed E-state index contributed by atoms with van der Waals surface area (Å²) in [5.41, 5.74) is 2.90. The van der Waals surface area contributed by atoms with Gasteiger partial charge in [0.05, 0.1) is 6.10 Å². The van der Waals surface area contributed by atoms with Crippen LogP contribution in [0.1, 0.15) is 24.3 Å². The molecule has 2 amide bonds. The number of hydrogen-bond donors (Lipinski definition) is 3. The predicted molar refractivity (Wildman–Crippen MR) is 78.7 cm³/mol. The van der Waals surface area contributed by atoms with Crippen molar-refractivity contribution >= 4 is 17.4 Å². The summed E-state index contributed by atoms with van der Waals surface area (Å²) in [6, 6.07) is 10.3. The fourth-order valence-corrected chi connectivity index (χ4v) is 1.79. The molecule has 1 atom stereocenters. The van der Waals surface area contributed by atoms with Gasteiger partial charge in [-0.1, -0.05) is 12.1 Å². The molecule has 0 aliphatic rings. The van der Waals surface area contributed by atoms with E-state index in [4.69, 9.17) is 0 Å². The van der Waals surface area contributed by atoms with Gasteiger partial charge in [-0.2, -0.15) is 0 Å². The molecule has 1 aromatic carbocycles. The number of nitrogens with one attached hydrogen (secondary N) is 2. The number of anilines is 2. The Kier molecular flexibility index (Phi) is 4.32. The molecule has 0 saturated carbocycles. The Hall–Kier alpha value is -2.40. The first-order chi connectivity index (χ1) is 9.54. The number of hydrogen-bond acceptors (Lipinski definition) is 3. The minimum absolute atomic E-state index is 0.335. The van der Waals surface area contributed by atoms with Crippen molar-refractivity contribution in [3.63, 3.8) is 0 Å². The molecule has 0 radical (unpaired) electrons. The lowest BCUT2D eigenvalue weighted by molar-refractivity contribution is 0.199. The zero-order valence-electron chi connectivity index (χ0n) is 11.4. The van der Waals surface area contributed by atoms with Crippen LogP contribution in [0.25, 0.3) is 0 Å². The molecule has 1 unspecified atom stereocenters. The van der Waals surface area contributed by atoms with Crippen LogP contribution in [-0.2, 0) is 0 Å². The molecule has 1 heterocycles. The lowest BCUT2D eigenvalue weighted by Gasteiger charge is -2.10. The van der Waals surface area contributed by atoms with Crippen molar-refractivity contribution in [1.82, 2.24) is 4.98 Å². The number of benzene rings is 1. The van der Waals surface area contributed by atoms with Gasteiger partial charge in [0.25, 0.3) is 0 Å². The quantitative estimate of drug-likeness (QED) is 0.803. The summed E-state index contributed by atoms with van der Waals surface area (Å²) in [6.07, 6.45) is 1.07. The zero-order valence-corrected chi connectivity index (χ0v) is 11.4.